The molecular formula is C5H8BF3KNO. The van der Waals surface area contributed by atoms with E-state index in [2.05, 4.69) is 0 Å². The van der Waals surface area contributed by atoms with E-state index in [1.807, 2.05) is 0 Å². The Kier molecular flexibility index (Phi) is 5.59. The Balaban J connectivity index is 0.00000121. The summed E-state index contributed by atoms with van der Waals surface area (Å²) in [7, 11) is 0. The summed E-state index contributed by atoms with van der Waals surface area (Å²) in [5.74, 6) is 0.0275. The van der Waals surface area contributed by atoms with Crippen molar-refractivity contribution in [2.75, 3.05) is 19.6 Å². The molecule has 2 nitrogen and oxygen atoms in total. The zero-order valence-corrected chi connectivity index (χ0v) is 10.0. The number of hydrogen-bond acceptors (Lipinski definition) is 2. The predicted octanol–water partition coefficient (Wildman–Crippen LogP) is -2.28. The van der Waals surface area contributed by atoms with Crippen molar-refractivity contribution in [3.05, 3.63) is 0 Å². The smallest absolute Gasteiger partial charge is 0.449 e. The summed E-state index contributed by atoms with van der Waals surface area (Å²) in [6.45, 7) is -4.29. The molecule has 7 heteroatoms. The summed E-state index contributed by atoms with van der Waals surface area (Å²) < 4.78 is 34.9. The summed E-state index contributed by atoms with van der Waals surface area (Å²) in [6, 6.07) is 0. The molecule has 0 radical (unpaired) electrons. The third-order valence-corrected chi connectivity index (χ3v) is 1.57. The summed E-state index contributed by atoms with van der Waals surface area (Å²) in [5.41, 5.74) is 0. The summed E-state index contributed by atoms with van der Waals surface area (Å²) in [6.07, 6.45) is -0.757. The van der Waals surface area contributed by atoms with Crippen LogP contribution in [0.2, 0.25) is 6.32 Å². The van der Waals surface area contributed by atoms with Gasteiger partial charge in [0, 0.05) is 0 Å². The van der Waals surface area contributed by atoms with E-state index in [4.69, 9.17) is 0 Å². The molecule has 0 atom stereocenters. The molecule has 1 aliphatic heterocycles. The van der Waals surface area contributed by atoms with Crippen LogP contribution in [0.25, 0.3) is 0 Å². The fourth-order valence-electron chi connectivity index (χ4n) is 0.940. The van der Waals surface area contributed by atoms with Crippen molar-refractivity contribution < 1.29 is 69.1 Å². The van der Waals surface area contributed by atoms with Crippen LogP contribution in [0.15, 0.2) is 0 Å². The van der Waals surface area contributed by atoms with Crippen LogP contribution in [-0.4, -0.2) is 37.3 Å². The van der Waals surface area contributed by atoms with Crippen LogP contribution in [0.4, 0.5) is 12.9 Å². The van der Waals surface area contributed by atoms with Crippen molar-refractivity contribution in [1.82, 2.24) is 4.90 Å². The van der Waals surface area contributed by atoms with Crippen molar-refractivity contribution in [3.63, 3.8) is 0 Å². The summed E-state index contributed by atoms with van der Waals surface area (Å²) in [5, 5.41) is 0. The van der Waals surface area contributed by atoms with Gasteiger partial charge in [-0.2, -0.15) is 0 Å². The molecule has 64 valence electrons. The van der Waals surface area contributed by atoms with Gasteiger partial charge in [-0.1, -0.05) is 6.32 Å². The molecule has 1 heterocycles. The van der Waals surface area contributed by atoms with E-state index < -0.39 is 13.3 Å². The predicted molar refractivity (Wildman–Crippen MR) is 35.3 cm³/mol. The molecule has 0 aromatic heterocycles. The quantitative estimate of drug-likeness (QED) is 0.484. The molecular weight excluding hydrogens is 197 g/mol. The maximum atomic E-state index is 11.6. The molecule has 0 bridgehead atoms. The molecule has 0 aromatic rings. The van der Waals surface area contributed by atoms with E-state index >= 15 is 0 Å². The number of rotatable bonds is 3. The van der Waals surface area contributed by atoms with Gasteiger partial charge in [-0.05, 0) is 6.54 Å². The van der Waals surface area contributed by atoms with E-state index in [1.54, 1.807) is 0 Å². The molecule has 0 unspecified atom stereocenters. The second kappa shape index (κ2) is 5.11. The SMILES string of the molecule is O=C1CN(CC[B-](F)(F)F)C1.[K+]. The maximum absolute atomic E-state index is 11.6. The van der Waals surface area contributed by atoms with E-state index in [-0.39, 0.29) is 76.8 Å². The molecule has 0 saturated carbocycles. The third-order valence-electron chi connectivity index (χ3n) is 1.57. The van der Waals surface area contributed by atoms with E-state index in [1.165, 1.54) is 4.90 Å². The van der Waals surface area contributed by atoms with Crippen LogP contribution < -0.4 is 51.4 Å². The van der Waals surface area contributed by atoms with Gasteiger partial charge in [-0.15, -0.1) is 0 Å². The second-order valence-electron chi connectivity index (χ2n) is 2.75. The van der Waals surface area contributed by atoms with Gasteiger partial charge in [-0.3, -0.25) is 9.69 Å². The number of ketones is 1. The van der Waals surface area contributed by atoms with Gasteiger partial charge in [-0.25, -0.2) is 0 Å². The molecule has 0 spiro atoms. The van der Waals surface area contributed by atoms with Crippen LogP contribution >= 0.6 is 0 Å². The molecule has 0 aliphatic carbocycles. The Morgan fingerprint density at radius 2 is 1.83 bits per heavy atom. The first-order valence-corrected chi connectivity index (χ1v) is 3.42. The average molecular weight is 205 g/mol. The van der Waals surface area contributed by atoms with E-state index in [0.717, 1.165) is 0 Å². The summed E-state index contributed by atoms with van der Waals surface area (Å²) >= 11 is 0. The van der Waals surface area contributed by atoms with Crippen molar-refractivity contribution in [3.8, 4) is 0 Å². The molecule has 1 saturated heterocycles. The summed E-state index contributed by atoms with van der Waals surface area (Å²) in [4.78, 5) is 11.8. The molecule has 0 aromatic carbocycles. The van der Waals surface area contributed by atoms with Gasteiger partial charge >= 0.3 is 58.4 Å². The number of nitrogens with zero attached hydrogens (tertiary/aromatic N) is 1. The average Bonchev–Trinajstić information content (AvgIpc) is 1.75. The molecule has 1 fully saturated rings. The number of hydrogen-bond donors (Lipinski definition) is 0. The minimum absolute atomic E-state index is 0. The molecule has 1 rings (SSSR count). The zero-order valence-electron chi connectivity index (χ0n) is 6.90. The maximum Gasteiger partial charge on any atom is 1.00 e. The fraction of sp³-hybridized carbons (Fsp3) is 0.800. The standard InChI is InChI=1S/C5H8BF3NO.K/c7-6(8,9)1-2-10-3-5(11)4-10;/h1-4H2;/q-1;+1. The first-order valence-electron chi connectivity index (χ1n) is 3.42. The van der Waals surface area contributed by atoms with Gasteiger partial charge in [0.05, 0.1) is 13.1 Å². The molecule has 1 aliphatic rings. The van der Waals surface area contributed by atoms with Crippen molar-refractivity contribution >= 4 is 12.8 Å². The largest absolute Gasteiger partial charge is 1.00 e. The Labute approximate surface area is 111 Å². The Bertz CT molecular complexity index is 167. The van der Waals surface area contributed by atoms with Crippen molar-refractivity contribution in [1.29, 1.82) is 0 Å². The number of carbonyl (C=O) groups is 1. The van der Waals surface area contributed by atoms with Gasteiger partial charge in [0.25, 0.3) is 0 Å². The van der Waals surface area contributed by atoms with Crippen LogP contribution in [0, 0.1) is 0 Å². The van der Waals surface area contributed by atoms with Crippen molar-refractivity contribution in [2.24, 2.45) is 0 Å². The number of Topliss-reactive ketones (excluding diaryl/α,β-unsaturated/α-hetero) is 1. The van der Waals surface area contributed by atoms with Crippen LogP contribution in [0.5, 0.6) is 0 Å². The molecule has 12 heavy (non-hydrogen) atoms. The first kappa shape index (κ1) is 13.1. The molecule has 0 N–H and O–H groups in total. The number of halogens is 3. The monoisotopic (exact) mass is 205 g/mol. The molecule has 0 amide bonds. The van der Waals surface area contributed by atoms with Crippen LogP contribution in [0.1, 0.15) is 0 Å². The van der Waals surface area contributed by atoms with E-state index in [9.17, 15) is 17.7 Å². The van der Waals surface area contributed by atoms with Crippen LogP contribution in [-0.2, 0) is 4.79 Å². The zero-order chi connectivity index (χ0) is 8.48. The third kappa shape index (κ3) is 4.98. The van der Waals surface area contributed by atoms with Crippen molar-refractivity contribution in [2.45, 2.75) is 6.32 Å². The second-order valence-corrected chi connectivity index (χ2v) is 2.75. The fourth-order valence-corrected chi connectivity index (χ4v) is 0.940. The Morgan fingerprint density at radius 1 is 1.33 bits per heavy atom. The van der Waals surface area contributed by atoms with Gasteiger partial charge < -0.3 is 12.9 Å². The number of carbonyl (C=O) groups excluding carboxylic acids is 1. The Hall–Kier alpha value is 1.12. The minimum Gasteiger partial charge on any atom is -0.449 e. The van der Waals surface area contributed by atoms with E-state index in [0.29, 0.717) is 0 Å². The van der Waals surface area contributed by atoms with Gasteiger partial charge in [0.15, 0.2) is 5.78 Å². The first-order chi connectivity index (χ1) is 4.97. The van der Waals surface area contributed by atoms with Gasteiger partial charge in [0.2, 0.25) is 0 Å². The topological polar surface area (TPSA) is 20.3 Å². The minimum atomic E-state index is -4.67. The normalized spacial score (nSPS) is 18.4. The van der Waals surface area contributed by atoms with Gasteiger partial charge in [0.1, 0.15) is 0 Å². The van der Waals surface area contributed by atoms with Crippen LogP contribution in [0.3, 0.4) is 0 Å². The Morgan fingerprint density at radius 3 is 2.17 bits per heavy atom. The number of likely N-dealkylation sites (tertiary alicyclic amines) is 1.